The molecule has 0 aromatic heterocycles. The molecule has 1 aromatic carbocycles. The summed E-state index contributed by atoms with van der Waals surface area (Å²) in [6.45, 7) is 4.68. The highest BCUT2D eigenvalue weighted by molar-refractivity contribution is 9.10. The van der Waals surface area contributed by atoms with E-state index < -0.39 is 0 Å². The third-order valence-corrected chi connectivity index (χ3v) is 4.42. The summed E-state index contributed by atoms with van der Waals surface area (Å²) >= 11 is 3.53. The van der Waals surface area contributed by atoms with E-state index in [0.717, 1.165) is 49.1 Å². The number of benzene rings is 1. The van der Waals surface area contributed by atoms with Crippen molar-refractivity contribution in [1.29, 1.82) is 0 Å². The van der Waals surface area contributed by atoms with Crippen molar-refractivity contribution in [1.82, 2.24) is 5.32 Å². The molecular weight excluding hydrogens is 309 g/mol. The van der Waals surface area contributed by atoms with Crippen LogP contribution in [0.25, 0.3) is 0 Å². The first kappa shape index (κ1) is 14.9. The highest BCUT2D eigenvalue weighted by Gasteiger charge is 2.21. The van der Waals surface area contributed by atoms with Gasteiger partial charge in [0.05, 0.1) is 0 Å². The highest BCUT2D eigenvalue weighted by Crippen LogP contribution is 2.32. The van der Waals surface area contributed by atoms with E-state index >= 15 is 0 Å². The molecule has 1 saturated heterocycles. The van der Waals surface area contributed by atoms with Crippen LogP contribution in [0.5, 0.6) is 0 Å². The molecule has 2 rings (SSSR count). The lowest BCUT2D eigenvalue weighted by Crippen LogP contribution is -2.26. The second-order valence-corrected chi connectivity index (χ2v) is 5.92. The summed E-state index contributed by atoms with van der Waals surface area (Å²) in [5, 5.41) is 3.48. The summed E-state index contributed by atoms with van der Waals surface area (Å²) in [4.78, 5) is 0. The molecule has 1 N–H and O–H groups in total. The molecule has 0 amide bonds. The molecule has 1 aliphatic heterocycles. The quantitative estimate of drug-likeness (QED) is 0.879. The Kier molecular flexibility index (Phi) is 5.79. The van der Waals surface area contributed by atoms with Gasteiger partial charge in [0.25, 0.3) is 0 Å². The van der Waals surface area contributed by atoms with Crippen LogP contribution in [0.3, 0.4) is 0 Å². The molecule has 1 atom stereocenters. The van der Waals surface area contributed by atoms with Gasteiger partial charge in [-0.25, -0.2) is 4.39 Å². The minimum Gasteiger partial charge on any atom is -0.381 e. The average Bonchev–Trinajstić information content (AvgIpc) is 2.42. The van der Waals surface area contributed by atoms with Gasteiger partial charge in [-0.2, -0.15) is 0 Å². The Labute approximate surface area is 122 Å². The molecule has 1 unspecified atom stereocenters. The van der Waals surface area contributed by atoms with Crippen molar-refractivity contribution in [3.05, 3.63) is 34.1 Å². The van der Waals surface area contributed by atoms with Crippen molar-refractivity contribution in [2.24, 2.45) is 5.92 Å². The lowest BCUT2D eigenvalue weighted by molar-refractivity contribution is 0.0605. The van der Waals surface area contributed by atoms with Gasteiger partial charge in [0.15, 0.2) is 0 Å². The van der Waals surface area contributed by atoms with Gasteiger partial charge in [-0.05, 0) is 55.5 Å². The molecule has 0 aliphatic carbocycles. The Balaban J connectivity index is 2.11. The van der Waals surface area contributed by atoms with Crippen LogP contribution >= 0.6 is 15.9 Å². The topological polar surface area (TPSA) is 21.3 Å². The molecule has 19 heavy (non-hydrogen) atoms. The normalized spacial score (nSPS) is 18.5. The standard InChI is InChI=1S/C15H21BrFNO/c1-2-18-15(9-11-5-7-19-8-6-11)13-10-12(17)3-4-14(13)16/h3-4,10-11,15,18H,2,5-9H2,1H3. The molecule has 1 aromatic rings. The van der Waals surface area contributed by atoms with Gasteiger partial charge in [0.2, 0.25) is 0 Å². The predicted molar refractivity (Wildman–Crippen MR) is 78.7 cm³/mol. The van der Waals surface area contributed by atoms with E-state index in [2.05, 4.69) is 28.2 Å². The van der Waals surface area contributed by atoms with Gasteiger partial charge in [0.1, 0.15) is 5.82 Å². The van der Waals surface area contributed by atoms with E-state index in [4.69, 9.17) is 4.74 Å². The summed E-state index contributed by atoms with van der Waals surface area (Å²) in [5.74, 6) is 0.487. The predicted octanol–water partition coefficient (Wildman–Crippen LogP) is 4.06. The molecule has 1 heterocycles. The summed E-state index contributed by atoms with van der Waals surface area (Å²) in [7, 11) is 0. The molecule has 4 heteroatoms. The zero-order valence-corrected chi connectivity index (χ0v) is 12.9. The van der Waals surface area contributed by atoms with E-state index in [9.17, 15) is 4.39 Å². The number of halogens is 2. The van der Waals surface area contributed by atoms with E-state index in [1.807, 2.05) is 0 Å². The van der Waals surface area contributed by atoms with Crippen LogP contribution in [0.1, 0.15) is 37.8 Å². The first-order valence-corrected chi connectivity index (χ1v) is 7.76. The molecule has 0 spiro atoms. The maximum Gasteiger partial charge on any atom is 0.123 e. The van der Waals surface area contributed by atoms with Crippen LogP contribution in [-0.2, 0) is 4.74 Å². The van der Waals surface area contributed by atoms with Crippen molar-refractivity contribution in [2.45, 2.75) is 32.2 Å². The minimum atomic E-state index is -0.173. The SMILES string of the molecule is CCNC(CC1CCOCC1)c1cc(F)ccc1Br. The number of rotatable bonds is 5. The van der Waals surface area contributed by atoms with Gasteiger partial charge >= 0.3 is 0 Å². The van der Waals surface area contributed by atoms with Crippen molar-refractivity contribution in [3.8, 4) is 0 Å². The molecule has 1 fully saturated rings. The maximum absolute atomic E-state index is 13.5. The molecule has 106 valence electrons. The Morgan fingerprint density at radius 3 is 2.84 bits per heavy atom. The van der Waals surface area contributed by atoms with Crippen molar-refractivity contribution < 1.29 is 9.13 Å². The summed E-state index contributed by atoms with van der Waals surface area (Å²) in [5.41, 5.74) is 1.02. The van der Waals surface area contributed by atoms with Gasteiger partial charge in [-0.3, -0.25) is 0 Å². The summed E-state index contributed by atoms with van der Waals surface area (Å²) in [6.07, 6.45) is 3.25. The lowest BCUT2D eigenvalue weighted by atomic mass is 9.89. The summed E-state index contributed by atoms with van der Waals surface area (Å²) < 4.78 is 19.8. The monoisotopic (exact) mass is 329 g/mol. The lowest BCUT2D eigenvalue weighted by Gasteiger charge is -2.28. The third-order valence-electron chi connectivity index (χ3n) is 3.69. The maximum atomic E-state index is 13.5. The number of hydrogen-bond acceptors (Lipinski definition) is 2. The Morgan fingerprint density at radius 1 is 1.42 bits per heavy atom. The molecule has 1 aliphatic rings. The number of ether oxygens (including phenoxy) is 1. The Morgan fingerprint density at radius 2 is 2.16 bits per heavy atom. The van der Waals surface area contributed by atoms with Crippen LogP contribution in [0.2, 0.25) is 0 Å². The van der Waals surface area contributed by atoms with Crippen molar-refractivity contribution in [2.75, 3.05) is 19.8 Å². The van der Waals surface area contributed by atoms with Crippen LogP contribution in [0, 0.1) is 11.7 Å². The van der Waals surface area contributed by atoms with Gasteiger partial charge < -0.3 is 10.1 Å². The van der Waals surface area contributed by atoms with Crippen LogP contribution < -0.4 is 5.32 Å². The van der Waals surface area contributed by atoms with Gasteiger partial charge in [0, 0.05) is 23.7 Å². The number of nitrogens with one attached hydrogen (secondary N) is 1. The summed E-state index contributed by atoms with van der Waals surface area (Å²) in [6, 6.07) is 5.12. The molecule has 0 saturated carbocycles. The minimum absolute atomic E-state index is 0.173. The van der Waals surface area contributed by atoms with Gasteiger partial charge in [-0.15, -0.1) is 0 Å². The highest BCUT2D eigenvalue weighted by atomic mass is 79.9. The average molecular weight is 330 g/mol. The second kappa shape index (κ2) is 7.36. The van der Waals surface area contributed by atoms with Crippen molar-refractivity contribution in [3.63, 3.8) is 0 Å². The fraction of sp³-hybridized carbons (Fsp3) is 0.600. The molecule has 2 nitrogen and oxygen atoms in total. The largest absolute Gasteiger partial charge is 0.381 e. The molecular formula is C15H21BrFNO. The van der Waals surface area contributed by atoms with Gasteiger partial charge in [-0.1, -0.05) is 22.9 Å². The van der Waals surface area contributed by atoms with Crippen LogP contribution in [-0.4, -0.2) is 19.8 Å². The van der Waals surface area contributed by atoms with Crippen molar-refractivity contribution >= 4 is 15.9 Å². The Bertz CT molecular complexity index is 407. The van der Waals surface area contributed by atoms with Crippen LogP contribution in [0.4, 0.5) is 4.39 Å². The third kappa shape index (κ3) is 4.26. The van der Waals surface area contributed by atoms with E-state index in [-0.39, 0.29) is 11.9 Å². The first-order valence-electron chi connectivity index (χ1n) is 6.96. The fourth-order valence-electron chi connectivity index (χ4n) is 2.66. The molecule has 0 bridgehead atoms. The van der Waals surface area contributed by atoms with Crippen LogP contribution in [0.15, 0.2) is 22.7 Å². The van der Waals surface area contributed by atoms with E-state index in [1.165, 1.54) is 6.07 Å². The first-order chi connectivity index (χ1) is 9.20. The van der Waals surface area contributed by atoms with E-state index in [1.54, 1.807) is 12.1 Å². The smallest absolute Gasteiger partial charge is 0.123 e. The van der Waals surface area contributed by atoms with E-state index in [0.29, 0.717) is 5.92 Å². The zero-order valence-electron chi connectivity index (χ0n) is 11.3. The number of hydrogen-bond donors (Lipinski definition) is 1. The molecule has 0 radical (unpaired) electrons. The fourth-order valence-corrected chi connectivity index (χ4v) is 3.19. The zero-order chi connectivity index (χ0) is 13.7. The second-order valence-electron chi connectivity index (χ2n) is 5.07. The Hall–Kier alpha value is -0.450.